The summed E-state index contributed by atoms with van der Waals surface area (Å²) in [7, 11) is 0. The van der Waals surface area contributed by atoms with Crippen LogP contribution in [0.5, 0.6) is 5.75 Å². The van der Waals surface area contributed by atoms with Crippen molar-refractivity contribution in [3.8, 4) is 16.9 Å². The molecule has 0 aliphatic heterocycles. The summed E-state index contributed by atoms with van der Waals surface area (Å²) in [6.45, 7) is 1.37. The zero-order chi connectivity index (χ0) is 26.1. The molecule has 9 nitrogen and oxygen atoms in total. The summed E-state index contributed by atoms with van der Waals surface area (Å²) in [6, 6.07) is 11.4. The predicted molar refractivity (Wildman–Crippen MR) is 131 cm³/mol. The van der Waals surface area contributed by atoms with Gasteiger partial charge in [0.1, 0.15) is 5.75 Å². The standard InChI is InChI=1S/C23H24F3N5O4S/c1-36(34)12-4-11-27-13-15-7-9-16(10-8-15)17-14-28-21(30-20(17)32)31-22(33)29-18-5-2-3-6-19(18)35-23(24,25)26/h2-3,5-10,14,27H,4,11-13H2,1H3,(H3,28,29,30,31,32,33). The number of ether oxygens (including phenoxy) is 1. The van der Waals surface area contributed by atoms with Crippen molar-refractivity contribution >= 4 is 28.8 Å². The average Bonchev–Trinajstić information content (AvgIpc) is 2.80. The van der Waals surface area contributed by atoms with Crippen molar-refractivity contribution < 1.29 is 27.3 Å². The number of halogens is 3. The molecular formula is C23H24F3N5O4S. The lowest BCUT2D eigenvalue weighted by Crippen LogP contribution is -2.24. The Kier molecular flexibility index (Phi) is 9.33. The molecule has 0 bridgehead atoms. The minimum Gasteiger partial charge on any atom is -0.617 e. The Bertz CT molecular complexity index is 1220. The second-order valence-electron chi connectivity index (χ2n) is 7.60. The van der Waals surface area contributed by atoms with Gasteiger partial charge in [-0.3, -0.25) is 10.1 Å². The summed E-state index contributed by atoms with van der Waals surface area (Å²) in [5.74, 6) is -0.133. The van der Waals surface area contributed by atoms with Crippen LogP contribution >= 0.6 is 0 Å². The number of aromatic amines is 1. The van der Waals surface area contributed by atoms with Crippen LogP contribution in [0.4, 0.5) is 29.6 Å². The number of hydrogen-bond acceptors (Lipinski definition) is 6. The van der Waals surface area contributed by atoms with E-state index >= 15 is 0 Å². The molecule has 2 amide bonds. The Balaban J connectivity index is 1.59. The smallest absolute Gasteiger partial charge is 0.573 e. The Morgan fingerprint density at radius 1 is 1.14 bits per heavy atom. The number of aromatic nitrogens is 2. The first kappa shape index (κ1) is 27.0. The molecule has 1 aromatic heterocycles. The molecular weight excluding hydrogens is 499 g/mol. The molecule has 1 heterocycles. The summed E-state index contributed by atoms with van der Waals surface area (Å²) in [5.41, 5.74) is 1.06. The molecule has 1 unspecified atom stereocenters. The molecule has 1 atom stereocenters. The van der Waals surface area contributed by atoms with E-state index in [4.69, 9.17) is 0 Å². The van der Waals surface area contributed by atoms with E-state index in [0.717, 1.165) is 24.6 Å². The van der Waals surface area contributed by atoms with Gasteiger partial charge in [0.2, 0.25) is 5.95 Å². The molecule has 0 saturated heterocycles. The largest absolute Gasteiger partial charge is 0.617 e. The fourth-order valence-corrected chi connectivity index (χ4v) is 3.70. The maximum atomic E-state index is 12.5. The normalized spacial score (nSPS) is 12.1. The lowest BCUT2D eigenvalue weighted by molar-refractivity contribution is -0.274. The van der Waals surface area contributed by atoms with Gasteiger partial charge in [0.15, 0.2) is 5.75 Å². The number of hydrogen-bond donors (Lipinski definition) is 4. The third kappa shape index (κ3) is 8.59. The van der Waals surface area contributed by atoms with Crippen molar-refractivity contribution in [2.75, 3.05) is 29.2 Å². The summed E-state index contributed by atoms with van der Waals surface area (Å²) in [4.78, 5) is 31.2. The van der Waals surface area contributed by atoms with E-state index in [0.29, 0.717) is 17.9 Å². The van der Waals surface area contributed by atoms with Gasteiger partial charge in [0.25, 0.3) is 5.56 Å². The van der Waals surface area contributed by atoms with Crippen molar-refractivity contribution in [2.24, 2.45) is 0 Å². The van der Waals surface area contributed by atoms with Crippen molar-refractivity contribution in [1.29, 1.82) is 0 Å². The van der Waals surface area contributed by atoms with Crippen LogP contribution in [0.15, 0.2) is 59.5 Å². The SMILES string of the molecule is C[S+]([O-])CCCNCc1ccc(-c2c[nH]c(NC(=O)Nc3ccccc3OC(F)(F)F)nc2=O)cc1. The summed E-state index contributed by atoms with van der Waals surface area (Å²) < 4.78 is 52.6. The van der Waals surface area contributed by atoms with E-state index in [2.05, 4.69) is 30.7 Å². The highest BCUT2D eigenvalue weighted by Gasteiger charge is 2.32. The van der Waals surface area contributed by atoms with Gasteiger partial charge in [-0.25, -0.2) is 4.79 Å². The van der Waals surface area contributed by atoms with E-state index in [9.17, 15) is 27.3 Å². The number of carbonyl (C=O) groups is 1. The zero-order valence-electron chi connectivity index (χ0n) is 19.1. The monoisotopic (exact) mass is 523 g/mol. The number of urea groups is 1. The number of carbonyl (C=O) groups excluding carboxylic acids is 1. The van der Waals surface area contributed by atoms with Crippen LogP contribution in [0.1, 0.15) is 12.0 Å². The van der Waals surface area contributed by atoms with Crippen molar-refractivity contribution in [2.45, 2.75) is 19.3 Å². The number of alkyl halides is 3. The minimum absolute atomic E-state index is 0.190. The molecule has 0 saturated carbocycles. The summed E-state index contributed by atoms with van der Waals surface area (Å²) >= 11 is -0.807. The van der Waals surface area contributed by atoms with Gasteiger partial charge >= 0.3 is 12.4 Å². The Morgan fingerprint density at radius 2 is 1.86 bits per heavy atom. The van der Waals surface area contributed by atoms with Gasteiger partial charge in [-0.2, -0.15) is 4.98 Å². The molecule has 4 N–H and O–H groups in total. The maximum Gasteiger partial charge on any atom is 0.573 e. The Labute approximate surface area is 207 Å². The number of amides is 2. The fourth-order valence-electron chi connectivity index (χ4n) is 3.15. The highest BCUT2D eigenvalue weighted by Crippen LogP contribution is 2.30. The van der Waals surface area contributed by atoms with Gasteiger partial charge in [-0.05, 0) is 29.8 Å². The molecule has 192 valence electrons. The molecule has 0 spiro atoms. The molecule has 0 radical (unpaired) electrons. The number of para-hydroxylation sites is 2. The molecule has 2 aromatic carbocycles. The van der Waals surface area contributed by atoms with E-state index < -0.39 is 34.9 Å². The van der Waals surface area contributed by atoms with Crippen LogP contribution in [0.3, 0.4) is 0 Å². The number of nitrogens with zero attached hydrogens (tertiary/aromatic N) is 1. The Morgan fingerprint density at radius 3 is 2.53 bits per heavy atom. The van der Waals surface area contributed by atoms with Crippen LogP contribution in [0.25, 0.3) is 11.1 Å². The first-order valence-corrected chi connectivity index (χ1v) is 12.5. The van der Waals surface area contributed by atoms with Crippen molar-refractivity contribution in [3.05, 3.63) is 70.6 Å². The van der Waals surface area contributed by atoms with Gasteiger partial charge in [0, 0.05) is 19.2 Å². The van der Waals surface area contributed by atoms with E-state index in [1.165, 1.54) is 24.4 Å². The highest BCUT2D eigenvalue weighted by molar-refractivity contribution is 7.90. The molecule has 0 fully saturated rings. The van der Waals surface area contributed by atoms with Crippen LogP contribution in [-0.4, -0.2) is 45.5 Å². The molecule has 3 rings (SSSR count). The maximum absolute atomic E-state index is 12.5. The summed E-state index contributed by atoms with van der Waals surface area (Å²) in [5, 5.41) is 7.75. The number of benzene rings is 2. The highest BCUT2D eigenvalue weighted by atomic mass is 32.2. The first-order chi connectivity index (χ1) is 17.1. The molecule has 0 aliphatic carbocycles. The third-order valence-corrected chi connectivity index (χ3v) is 5.63. The number of anilines is 2. The van der Waals surface area contributed by atoms with Gasteiger partial charge in [-0.1, -0.05) is 47.6 Å². The summed E-state index contributed by atoms with van der Waals surface area (Å²) in [6.07, 6.45) is -1.06. The van der Waals surface area contributed by atoms with Crippen molar-refractivity contribution in [1.82, 2.24) is 15.3 Å². The van der Waals surface area contributed by atoms with Crippen LogP contribution in [0.2, 0.25) is 0 Å². The van der Waals surface area contributed by atoms with Crippen LogP contribution in [0, 0.1) is 0 Å². The molecule has 0 aliphatic rings. The minimum atomic E-state index is -4.93. The number of rotatable bonds is 10. The number of nitrogens with one attached hydrogen (secondary N) is 4. The van der Waals surface area contributed by atoms with Crippen molar-refractivity contribution in [3.63, 3.8) is 0 Å². The second-order valence-corrected chi connectivity index (χ2v) is 9.15. The lowest BCUT2D eigenvalue weighted by atomic mass is 10.1. The quantitative estimate of drug-likeness (QED) is 0.236. The van der Waals surface area contributed by atoms with Gasteiger partial charge in [0.05, 0.1) is 17.5 Å². The molecule has 3 aromatic rings. The zero-order valence-corrected chi connectivity index (χ0v) is 20.0. The predicted octanol–water partition coefficient (Wildman–Crippen LogP) is 3.84. The lowest BCUT2D eigenvalue weighted by Gasteiger charge is -2.14. The van der Waals surface area contributed by atoms with E-state index in [1.807, 2.05) is 12.1 Å². The van der Waals surface area contributed by atoms with Crippen LogP contribution < -0.4 is 26.2 Å². The topological polar surface area (TPSA) is 131 Å². The number of H-pyrrole nitrogens is 1. The first-order valence-electron chi connectivity index (χ1n) is 10.7. The molecule has 13 heteroatoms. The third-order valence-electron chi connectivity index (χ3n) is 4.77. The fraction of sp³-hybridized carbons (Fsp3) is 0.261. The second kappa shape index (κ2) is 12.4. The van der Waals surface area contributed by atoms with Gasteiger partial charge in [-0.15, -0.1) is 13.2 Å². The van der Waals surface area contributed by atoms with E-state index in [1.54, 1.807) is 18.4 Å². The molecule has 36 heavy (non-hydrogen) atoms. The average molecular weight is 524 g/mol. The van der Waals surface area contributed by atoms with Crippen LogP contribution in [-0.2, 0) is 17.7 Å². The van der Waals surface area contributed by atoms with E-state index in [-0.39, 0.29) is 17.2 Å². The van der Waals surface area contributed by atoms with Gasteiger partial charge < -0.3 is 24.9 Å². The Hall–Kier alpha value is -3.55.